The van der Waals surface area contributed by atoms with Crippen LogP contribution in [0.2, 0.25) is 0 Å². The number of non-ortho nitro benzene ring substituents is 1. The van der Waals surface area contributed by atoms with Gasteiger partial charge < -0.3 is 19.5 Å². The summed E-state index contributed by atoms with van der Waals surface area (Å²) in [6.45, 7) is 7.35. The number of aliphatic hydroxyl groups excluding tert-OH is 1. The summed E-state index contributed by atoms with van der Waals surface area (Å²) in [7, 11) is 0. The smallest absolute Gasteiger partial charge is 0.270 e. The van der Waals surface area contributed by atoms with Crippen molar-refractivity contribution in [3.8, 4) is 5.75 Å². The first kappa shape index (κ1) is 18.2. The van der Waals surface area contributed by atoms with Gasteiger partial charge in [0.15, 0.2) is 0 Å². The van der Waals surface area contributed by atoms with E-state index in [1.807, 2.05) is 13.8 Å². The lowest BCUT2D eigenvalue weighted by Crippen LogP contribution is -2.54. The van der Waals surface area contributed by atoms with Gasteiger partial charge in [-0.2, -0.15) is 0 Å². The SMILES string of the molecule is CC(C)OC1=CC(=O)N([C@@H]2c3cc([N+](=O)[O-])ccc3OC(C)(C)[C@H]2O)C1. The van der Waals surface area contributed by atoms with E-state index in [4.69, 9.17) is 9.47 Å². The average Bonchev–Trinajstić information content (AvgIpc) is 2.87. The molecule has 0 saturated heterocycles. The first-order valence-corrected chi connectivity index (χ1v) is 8.43. The molecule has 2 heterocycles. The standard InChI is InChI=1S/C18H22N2O6/c1-10(2)25-12-8-15(21)19(9-12)16-13-7-11(20(23)24)5-6-14(13)26-18(3,4)17(16)22/h5-8,10,16-17,22H,9H2,1-4H3/t16-,17+/m1/s1. The molecular weight excluding hydrogens is 340 g/mol. The van der Waals surface area contributed by atoms with E-state index in [-0.39, 0.29) is 24.2 Å². The molecule has 0 aromatic heterocycles. The normalized spacial score (nSPS) is 24.2. The summed E-state index contributed by atoms with van der Waals surface area (Å²) in [5.41, 5.74) is -0.670. The Kier molecular flexibility index (Phi) is 4.39. The maximum atomic E-state index is 12.5. The number of carbonyl (C=O) groups excluding carboxylic acids is 1. The number of fused-ring (bicyclic) bond motifs is 1. The number of hydrogen-bond acceptors (Lipinski definition) is 6. The van der Waals surface area contributed by atoms with Crippen LogP contribution in [0, 0.1) is 10.1 Å². The number of aliphatic hydroxyl groups is 1. The third-order valence-electron chi connectivity index (χ3n) is 4.52. The van der Waals surface area contributed by atoms with Gasteiger partial charge in [0.2, 0.25) is 0 Å². The second kappa shape index (κ2) is 6.28. The van der Waals surface area contributed by atoms with Crippen LogP contribution < -0.4 is 4.74 Å². The lowest BCUT2D eigenvalue weighted by molar-refractivity contribution is -0.385. The fourth-order valence-corrected chi connectivity index (χ4v) is 3.33. The van der Waals surface area contributed by atoms with Gasteiger partial charge in [-0.05, 0) is 33.8 Å². The summed E-state index contributed by atoms with van der Waals surface area (Å²) in [6.07, 6.45) is 0.248. The molecule has 140 valence electrons. The molecule has 2 atom stereocenters. The summed E-state index contributed by atoms with van der Waals surface area (Å²) in [4.78, 5) is 24.6. The molecule has 8 heteroatoms. The van der Waals surface area contributed by atoms with E-state index in [9.17, 15) is 20.0 Å². The van der Waals surface area contributed by atoms with Crippen molar-refractivity contribution >= 4 is 11.6 Å². The molecule has 1 N–H and O–H groups in total. The Balaban J connectivity index is 2.02. The fraction of sp³-hybridized carbons (Fsp3) is 0.500. The van der Waals surface area contributed by atoms with E-state index in [1.165, 1.54) is 29.2 Å². The lowest BCUT2D eigenvalue weighted by Gasteiger charge is -2.45. The first-order valence-electron chi connectivity index (χ1n) is 8.43. The molecule has 8 nitrogen and oxygen atoms in total. The number of carbonyl (C=O) groups is 1. The Bertz CT molecular complexity index is 786. The minimum atomic E-state index is -1.06. The number of nitro benzene ring substituents is 1. The number of ether oxygens (including phenoxy) is 2. The second-order valence-corrected chi connectivity index (χ2v) is 7.32. The maximum Gasteiger partial charge on any atom is 0.270 e. The highest BCUT2D eigenvalue weighted by molar-refractivity contribution is 5.91. The zero-order chi connectivity index (χ0) is 19.2. The monoisotopic (exact) mass is 362 g/mol. The zero-order valence-electron chi connectivity index (χ0n) is 15.1. The molecule has 0 spiro atoms. The number of benzene rings is 1. The van der Waals surface area contributed by atoms with Crippen molar-refractivity contribution in [2.45, 2.75) is 51.5 Å². The Morgan fingerprint density at radius 2 is 2.12 bits per heavy atom. The Morgan fingerprint density at radius 1 is 1.42 bits per heavy atom. The predicted octanol–water partition coefficient (Wildman–Crippen LogP) is 2.32. The van der Waals surface area contributed by atoms with E-state index in [1.54, 1.807) is 13.8 Å². The van der Waals surface area contributed by atoms with Crippen LogP contribution in [0.5, 0.6) is 5.75 Å². The van der Waals surface area contributed by atoms with Gasteiger partial charge in [0.1, 0.15) is 23.2 Å². The van der Waals surface area contributed by atoms with Crippen LogP contribution in [0.4, 0.5) is 5.69 Å². The van der Waals surface area contributed by atoms with Crippen LogP contribution in [-0.4, -0.2) is 45.2 Å². The Labute approximate surface area is 151 Å². The van der Waals surface area contributed by atoms with Crippen LogP contribution in [-0.2, 0) is 9.53 Å². The minimum Gasteiger partial charge on any atom is -0.493 e. The molecule has 2 aliphatic rings. The summed E-state index contributed by atoms with van der Waals surface area (Å²) >= 11 is 0. The van der Waals surface area contributed by atoms with Crippen LogP contribution in [0.1, 0.15) is 39.3 Å². The molecular formula is C18H22N2O6. The molecule has 0 radical (unpaired) electrons. The molecule has 1 aromatic rings. The Hall–Kier alpha value is -2.61. The molecule has 0 bridgehead atoms. The van der Waals surface area contributed by atoms with Gasteiger partial charge in [0.05, 0.1) is 23.6 Å². The van der Waals surface area contributed by atoms with Crippen molar-refractivity contribution in [2.75, 3.05) is 6.54 Å². The van der Waals surface area contributed by atoms with Crippen molar-refractivity contribution < 1.29 is 24.3 Å². The van der Waals surface area contributed by atoms with E-state index >= 15 is 0 Å². The number of rotatable bonds is 4. The van der Waals surface area contributed by atoms with E-state index < -0.39 is 22.7 Å². The number of nitrogens with zero attached hydrogens (tertiary/aromatic N) is 2. The average molecular weight is 362 g/mol. The Morgan fingerprint density at radius 3 is 2.73 bits per heavy atom. The molecule has 1 aromatic carbocycles. The molecule has 0 saturated carbocycles. The van der Waals surface area contributed by atoms with Crippen molar-refractivity contribution in [3.63, 3.8) is 0 Å². The van der Waals surface area contributed by atoms with Gasteiger partial charge >= 0.3 is 0 Å². The number of nitro groups is 1. The molecule has 0 unspecified atom stereocenters. The number of amides is 1. The molecule has 0 fully saturated rings. The van der Waals surface area contributed by atoms with Gasteiger partial charge in [-0.3, -0.25) is 14.9 Å². The predicted molar refractivity (Wildman–Crippen MR) is 92.6 cm³/mol. The third-order valence-corrected chi connectivity index (χ3v) is 4.52. The molecule has 26 heavy (non-hydrogen) atoms. The second-order valence-electron chi connectivity index (χ2n) is 7.32. The summed E-state index contributed by atoms with van der Waals surface area (Å²) < 4.78 is 11.4. The highest BCUT2D eigenvalue weighted by Crippen LogP contribution is 2.45. The van der Waals surface area contributed by atoms with Crippen molar-refractivity contribution in [2.24, 2.45) is 0 Å². The fourth-order valence-electron chi connectivity index (χ4n) is 3.33. The first-order chi connectivity index (χ1) is 12.1. The number of hydrogen-bond donors (Lipinski definition) is 1. The van der Waals surface area contributed by atoms with Gasteiger partial charge in [-0.15, -0.1) is 0 Å². The molecule has 3 rings (SSSR count). The van der Waals surface area contributed by atoms with Crippen LogP contribution in [0.15, 0.2) is 30.0 Å². The van der Waals surface area contributed by atoms with Gasteiger partial charge in [0.25, 0.3) is 11.6 Å². The van der Waals surface area contributed by atoms with Crippen molar-refractivity contribution in [1.82, 2.24) is 4.90 Å². The van der Waals surface area contributed by atoms with Crippen LogP contribution >= 0.6 is 0 Å². The lowest BCUT2D eigenvalue weighted by atomic mass is 9.85. The molecule has 1 amide bonds. The van der Waals surface area contributed by atoms with Gasteiger partial charge in [-0.1, -0.05) is 0 Å². The van der Waals surface area contributed by atoms with E-state index in [0.717, 1.165) is 0 Å². The third kappa shape index (κ3) is 3.12. The highest BCUT2D eigenvalue weighted by Gasteiger charge is 2.48. The topological polar surface area (TPSA) is 102 Å². The van der Waals surface area contributed by atoms with E-state index in [2.05, 4.69) is 0 Å². The molecule has 2 aliphatic heterocycles. The largest absolute Gasteiger partial charge is 0.493 e. The van der Waals surface area contributed by atoms with Crippen LogP contribution in [0.3, 0.4) is 0 Å². The van der Waals surface area contributed by atoms with E-state index in [0.29, 0.717) is 17.1 Å². The highest BCUT2D eigenvalue weighted by atomic mass is 16.6. The zero-order valence-corrected chi connectivity index (χ0v) is 15.1. The van der Waals surface area contributed by atoms with Crippen LogP contribution in [0.25, 0.3) is 0 Å². The minimum absolute atomic E-state index is 0.0848. The van der Waals surface area contributed by atoms with Gasteiger partial charge in [-0.25, -0.2) is 0 Å². The molecule has 0 aliphatic carbocycles. The maximum absolute atomic E-state index is 12.5. The van der Waals surface area contributed by atoms with Gasteiger partial charge in [0, 0.05) is 23.8 Å². The quantitative estimate of drug-likeness (QED) is 0.651. The summed E-state index contributed by atoms with van der Waals surface area (Å²) in [5.74, 6) is 0.621. The van der Waals surface area contributed by atoms with Crippen molar-refractivity contribution in [1.29, 1.82) is 0 Å². The summed E-state index contributed by atoms with van der Waals surface area (Å²) in [5, 5.41) is 22.0. The summed E-state index contributed by atoms with van der Waals surface area (Å²) in [6, 6.07) is 3.44. The van der Waals surface area contributed by atoms with Crippen molar-refractivity contribution in [3.05, 3.63) is 45.7 Å².